The number of cyclic esters (lactones) is 1. The van der Waals surface area contributed by atoms with Gasteiger partial charge < -0.3 is 34.3 Å². The van der Waals surface area contributed by atoms with Gasteiger partial charge in [-0.2, -0.15) is 5.43 Å². The monoisotopic (exact) mass is 921 g/mol. The molecule has 67 heavy (non-hydrogen) atoms. The number of nitrogens with zero attached hydrogens (tertiary/aromatic N) is 5. The molecule has 0 radical (unpaired) electrons. The molecule has 7 rings (SSSR count). The summed E-state index contributed by atoms with van der Waals surface area (Å²) in [5.41, 5.74) is 4.57. The van der Waals surface area contributed by atoms with Crippen LogP contribution in [0.2, 0.25) is 0 Å². The van der Waals surface area contributed by atoms with Crippen LogP contribution in [-0.4, -0.2) is 123 Å². The number of carbonyl (C=O) groups excluding carboxylic acids is 5. The van der Waals surface area contributed by atoms with Crippen LogP contribution >= 0.6 is 0 Å². The number of fused-ring (bicyclic) bond motifs is 6. The number of esters is 1. The first-order valence-corrected chi connectivity index (χ1v) is 23.1. The maximum absolute atomic E-state index is 16.3. The molecular formula is C51H64FN7O8. The lowest BCUT2D eigenvalue weighted by molar-refractivity contribution is -0.189. The zero-order valence-electron chi connectivity index (χ0n) is 39.9. The Morgan fingerprint density at radius 1 is 1.09 bits per heavy atom. The summed E-state index contributed by atoms with van der Waals surface area (Å²) >= 11 is 0. The molecule has 3 aliphatic rings. The van der Waals surface area contributed by atoms with Gasteiger partial charge in [0, 0.05) is 81.1 Å². The van der Waals surface area contributed by atoms with Crippen molar-refractivity contribution in [1.29, 1.82) is 0 Å². The molecule has 358 valence electrons. The zero-order valence-corrected chi connectivity index (χ0v) is 39.9. The highest BCUT2D eigenvalue weighted by Gasteiger charge is 2.50. The summed E-state index contributed by atoms with van der Waals surface area (Å²) in [6, 6.07) is 15.5. The number of hydrogen-bond donors (Lipinski definition) is 3. The molecule has 5 heterocycles. The molecule has 15 nitrogen and oxygen atoms in total. The highest BCUT2D eigenvalue weighted by molar-refractivity contribution is 5.97. The highest BCUT2D eigenvalue weighted by Crippen LogP contribution is 2.42. The number of hydrogen-bond acceptors (Lipinski definition) is 10. The number of hydrazine groups is 1. The van der Waals surface area contributed by atoms with Gasteiger partial charge in [-0.1, -0.05) is 64.6 Å². The predicted molar refractivity (Wildman–Crippen MR) is 251 cm³/mol. The minimum Gasteiger partial charge on any atom is -0.462 e. The largest absolute Gasteiger partial charge is 0.462 e. The number of alkyl halides is 1. The molecule has 2 aromatic heterocycles. The molecule has 2 aromatic carbocycles. The maximum atomic E-state index is 16.3. The van der Waals surface area contributed by atoms with Gasteiger partial charge in [0.1, 0.15) is 12.1 Å². The average molecular weight is 922 g/mol. The van der Waals surface area contributed by atoms with Crippen molar-refractivity contribution in [3.63, 3.8) is 0 Å². The summed E-state index contributed by atoms with van der Waals surface area (Å²) in [6.07, 6.45) is 2.91. The van der Waals surface area contributed by atoms with Gasteiger partial charge in [0.25, 0.3) is 11.8 Å². The average Bonchev–Trinajstić information content (AvgIpc) is 3.86. The van der Waals surface area contributed by atoms with Crippen LogP contribution in [0.3, 0.4) is 0 Å². The Kier molecular flexibility index (Phi) is 14.1. The number of likely N-dealkylation sites (tertiary alicyclic amines) is 1. The number of methoxy groups -OCH3 is 1. The third-order valence-electron chi connectivity index (χ3n) is 13.5. The summed E-state index contributed by atoms with van der Waals surface area (Å²) in [4.78, 5) is 76.4. The Balaban J connectivity index is 1.31. The summed E-state index contributed by atoms with van der Waals surface area (Å²) in [5, 5.41) is 16.9. The highest BCUT2D eigenvalue weighted by atomic mass is 19.1. The van der Waals surface area contributed by atoms with E-state index < -0.39 is 71.0 Å². The number of halogens is 1. The van der Waals surface area contributed by atoms with E-state index in [1.165, 1.54) is 11.9 Å². The second-order valence-electron chi connectivity index (χ2n) is 19.3. The Hall–Kier alpha value is -5.97. The van der Waals surface area contributed by atoms with Crippen molar-refractivity contribution in [1.82, 2.24) is 35.1 Å². The Morgan fingerprint density at radius 3 is 2.54 bits per heavy atom. The Morgan fingerprint density at radius 2 is 1.84 bits per heavy atom. The molecule has 0 saturated carbocycles. The minimum absolute atomic E-state index is 0.0115. The van der Waals surface area contributed by atoms with Crippen LogP contribution in [0.5, 0.6) is 0 Å². The van der Waals surface area contributed by atoms with Crippen molar-refractivity contribution in [2.75, 3.05) is 40.4 Å². The van der Waals surface area contributed by atoms with Gasteiger partial charge in [-0.15, -0.1) is 0 Å². The normalized spacial score (nSPS) is 23.1. The standard InChI is InChI=1S/C51H64FN7O8/c1-10-41(60)57-24-21-50(52,29-57)47(63)56(8)43(31(3)4)45(61)54-39-26-33-15-12-16-34(25-33)35-18-19-40-37(27-35)38(44(58(40)11-2)36-17-13-22-53-42(36)32(5)66-9)28-49(6,7)30-67-48(64)51(65)20-14-23-59(55-51)46(39)62/h10,12-13,15-19,22,25,27,31-32,39,43,55,65H,1,11,14,20-21,23-24,26,28-30H2,2-9H3,(H,54,61)/t32-,39-,43-,50+,51-/m0/s1. The molecule has 0 spiro atoms. The lowest BCUT2D eigenvalue weighted by Crippen LogP contribution is -2.67. The van der Waals surface area contributed by atoms with Crippen LogP contribution in [0.1, 0.15) is 83.7 Å². The number of aryl methyl sites for hydroxylation is 1. The van der Waals surface area contributed by atoms with Gasteiger partial charge in [-0.25, -0.2) is 9.18 Å². The lowest BCUT2D eigenvalue weighted by atomic mass is 9.84. The van der Waals surface area contributed by atoms with Gasteiger partial charge in [0.05, 0.1) is 30.6 Å². The van der Waals surface area contributed by atoms with Crippen molar-refractivity contribution < 1.29 is 42.9 Å². The molecule has 4 amide bonds. The van der Waals surface area contributed by atoms with E-state index in [0.29, 0.717) is 18.5 Å². The Bertz CT molecular complexity index is 2580. The number of carbonyl (C=O) groups is 5. The van der Waals surface area contributed by atoms with Crippen molar-refractivity contribution >= 4 is 40.5 Å². The number of pyridine rings is 1. The van der Waals surface area contributed by atoms with Crippen LogP contribution in [0.15, 0.2) is 73.4 Å². The van der Waals surface area contributed by atoms with E-state index >= 15 is 4.39 Å². The SMILES string of the molecule is C=CC(=O)N1CC[C@](F)(C(=O)N(C)[C@H](C(=O)N[C@H]2Cc3cccc(c3)-c3ccc4c(c3)c(c(-c3cccnc3[C@H](C)OC)n4CC)CC(C)(C)COC(=O)[C@@]3(O)CCCN(N3)C2=O)C(C)C)C1. The van der Waals surface area contributed by atoms with Crippen LogP contribution in [0, 0.1) is 11.3 Å². The van der Waals surface area contributed by atoms with E-state index in [1.54, 1.807) is 27.2 Å². The van der Waals surface area contributed by atoms with Crippen LogP contribution in [0.4, 0.5) is 4.39 Å². The maximum Gasteiger partial charge on any atom is 0.355 e. The fraction of sp³-hybridized carbons (Fsp3) is 0.490. The number of nitrogens with one attached hydrogen (secondary N) is 2. The molecule has 0 unspecified atom stereocenters. The number of likely N-dealkylation sites (N-methyl/N-ethyl adjacent to an activating group) is 1. The first kappa shape index (κ1) is 48.9. The molecule has 3 N–H and O–H groups in total. The first-order valence-electron chi connectivity index (χ1n) is 23.1. The smallest absolute Gasteiger partial charge is 0.355 e. The number of aromatic nitrogens is 2. The number of rotatable bonds is 10. The number of aliphatic hydroxyl groups is 1. The number of amides is 4. The lowest BCUT2D eigenvalue weighted by Gasteiger charge is -2.40. The van der Waals surface area contributed by atoms with Gasteiger partial charge in [-0.3, -0.25) is 29.2 Å². The van der Waals surface area contributed by atoms with Crippen molar-refractivity contribution in [2.45, 2.75) is 110 Å². The van der Waals surface area contributed by atoms with E-state index in [9.17, 15) is 29.1 Å². The molecule has 2 saturated heterocycles. The predicted octanol–water partition coefficient (Wildman–Crippen LogP) is 5.68. The molecule has 0 aliphatic carbocycles. The molecule has 6 bridgehead atoms. The molecular weight excluding hydrogens is 858 g/mol. The van der Waals surface area contributed by atoms with E-state index in [4.69, 9.17) is 14.5 Å². The molecule has 3 aliphatic heterocycles. The second kappa shape index (κ2) is 19.3. The molecule has 4 aromatic rings. The minimum atomic E-state index is -2.43. The molecule has 2 fully saturated rings. The third kappa shape index (κ3) is 9.74. The molecule has 5 atom stereocenters. The third-order valence-corrected chi connectivity index (χ3v) is 13.5. The fourth-order valence-electron chi connectivity index (χ4n) is 9.91. The summed E-state index contributed by atoms with van der Waals surface area (Å²) in [7, 11) is 3.00. The van der Waals surface area contributed by atoms with Crippen LogP contribution < -0.4 is 10.7 Å². The van der Waals surface area contributed by atoms with Crippen molar-refractivity contribution in [3.05, 3.63) is 90.3 Å². The molecule has 16 heteroatoms. The number of ether oxygens (including phenoxy) is 2. The quantitative estimate of drug-likeness (QED) is 0.133. The van der Waals surface area contributed by atoms with Crippen LogP contribution in [-0.2, 0) is 52.8 Å². The van der Waals surface area contributed by atoms with E-state index in [1.807, 2.05) is 51.1 Å². The van der Waals surface area contributed by atoms with Gasteiger partial charge in [0.15, 0.2) is 0 Å². The van der Waals surface area contributed by atoms with Gasteiger partial charge >= 0.3 is 5.97 Å². The topological polar surface area (TPSA) is 176 Å². The summed E-state index contributed by atoms with van der Waals surface area (Å²) < 4.78 is 30.3. The Labute approximate surface area is 391 Å². The fourth-order valence-corrected chi connectivity index (χ4v) is 9.91. The van der Waals surface area contributed by atoms with Gasteiger partial charge in [0.2, 0.25) is 23.2 Å². The van der Waals surface area contributed by atoms with E-state index in [0.717, 1.165) is 60.5 Å². The second-order valence-corrected chi connectivity index (χ2v) is 19.3. The van der Waals surface area contributed by atoms with E-state index in [2.05, 4.69) is 53.1 Å². The summed E-state index contributed by atoms with van der Waals surface area (Å²) in [5.74, 6) is -4.29. The summed E-state index contributed by atoms with van der Waals surface area (Å²) in [6.45, 7) is 15.2. The zero-order chi connectivity index (χ0) is 48.6. The first-order chi connectivity index (χ1) is 31.7. The number of benzene rings is 2. The van der Waals surface area contributed by atoms with Crippen molar-refractivity contribution in [2.24, 2.45) is 11.3 Å². The van der Waals surface area contributed by atoms with Crippen molar-refractivity contribution in [3.8, 4) is 22.4 Å². The van der Waals surface area contributed by atoms with E-state index in [-0.39, 0.29) is 51.5 Å². The van der Waals surface area contributed by atoms with Crippen LogP contribution in [0.25, 0.3) is 33.3 Å². The van der Waals surface area contributed by atoms with Gasteiger partial charge in [-0.05, 0) is 85.2 Å².